The summed E-state index contributed by atoms with van der Waals surface area (Å²) in [6.45, 7) is 3.74. The molecule has 1 aromatic heterocycles. The van der Waals surface area contributed by atoms with Crippen molar-refractivity contribution in [1.82, 2.24) is 10.3 Å². The molecular weight excluding hydrogens is 214 g/mol. The first-order chi connectivity index (χ1) is 7.54. The second kappa shape index (κ2) is 5.75. The average Bonchev–Trinajstić information content (AvgIpc) is 2.17. The summed E-state index contributed by atoms with van der Waals surface area (Å²) < 4.78 is 30.7. The number of hydrogen-bond donors (Lipinski definition) is 1. The Morgan fingerprint density at radius 2 is 2.00 bits per heavy atom. The minimum absolute atomic E-state index is 0.00312. The van der Waals surface area contributed by atoms with Crippen LogP contribution < -0.4 is 10.1 Å². The van der Waals surface area contributed by atoms with Crippen LogP contribution >= 0.6 is 0 Å². The highest BCUT2D eigenvalue weighted by molar-refractivity contribution is 5.26. The molecule has 1 atom stereocenters. The van der Waals surface area contributed by atoms with Crippen molar-refractivity contribution in [3.05, 3.63) is 24.0 Å². The molecule has 0 aliphatic heterocycles. The Morgan fingerprint density at radius 3 is 2.50 bits per heavy atom. The SMILES string of the molecule is CNC(c1cncc(OC(C)C)c1)C(F)F. The molecule has 0 fully saturated rings. The fraction of sp³-hybridized carbons (Fsp3) is 0.545. The standard InChI is InChI=1S/C11H16F2N2O/c1-7(2)16-9-4-8(5-15-6-9)10(14-3)11(12)13/h4-7,10-11,14H,1-3H3. The molecule has 1 heterocycles. The van der Waals surface area contributed by atoms with Crippen LogP contribution in [-0.4, -0.2) is 24.6 Å². The van der Waals surface area contributed by atoms with Crippen molar-refractivity contribution in [2.45, 2.75) is 32.4 Å². The van der Waals surface area contributed by atoms with E-state index in [1.165, 1.54) is 19.4 Å². The molecule has 1 unspecified atom stereocenters. The van der Waals surface area contributed by atoms with Gasteiger partial charge in [0.05, 0.1) is 18.3 Å². The molecule has 1 N–H and O–H groups in total. The van der Waals surface area contributed by atoms with Crippen LogP contribution in [0.4, 0.5) is 8.78 Å². The number of hydrogen-bond acceptors (Lipinski definition) is 3. The van der Waals surface area contributed by atoms with E-state index in [1.54, 1.807) is 6.07 Å². The topological polar surface area (TPSA) is 34.2 Å². The van der Waals surface area contributed by atoms with E-state index in [1.807, 2.05) is 13.8 Å². The van der Waals surface area contributed by atoms with Crippen LogP contribution in [0.1, 0.15) is 25.5 Å². The molecule has 3 nitrogen and oxygen atoms in total. The minimum atomic E-state index is -2.47. The fourth-order valence-electron chi connectivity index (χ4n) is 1.38. The molecule has 0 aliphatic rings. The van der Waals surface area contributed by atoms with Gasteiger partial charge in [-0.25, -0.2) is 8.78 Å². The molecular formula is C11H16F2N2O. The van der Waals surface area contributed by atoms with Crippen molar-refractivity contribution in [1.29, 1.82) is 0 Å². The number of rotatable bonds is 5. The molecule has 5 heteroatoms. The Hall–Kier alpha value is -1.23. The normalized spacial score (nSPS) is 13.2. The third kappa shape index (κ3) is 3.41. The largest absolute Gasteiger partial charge is 0.489 e. The number of nitrogens with zero attached hydrogens (tertiary/aromatic N) is 1. The Bertz CT molecular complexity index is 332. The van der Waals surface area contributed by atoms with Gasteiger partial charge in [0.25, 0.3) is 6.43 Å². The fourth-order valence-corrected chi connectivity index (χ4v) is 1.38. The summed E-state index contributed by atoms with van der Waals surface area (Å²) in [4.78, 5) is 3.89. The van der Waals surface area contributed by atoms with E-state index in [2.05, 4.69) is 10.3 Å². The van der Waals surface area contributed by atoms with Crippen LogP contribution in [0.5, 0.6) is 5.75 Å². The van der Waals surface area contributed by atoms with Crippen molar-refractivity contribution in [3.8, 4) is 5.75 Å². The first-order valence-electron chi connectivity index (χ1n) is 5.11. The Balaban J connectivity index is 2.88. The van der Waals surface area contributed by atoms with E-state index in [9.17, 15) is 8.78 Å². The van der Waals surface area contributed by atoms with Crippen molar-refractivity contribution in [3.63, 3.8) is 0 Å². The number of nitrogens with one attached hydrogen (secondary N) is 1. The van der Waals surface area contributed by atoms with Gasteiger partial charge in [-0.05, 0) is 32.5 Å². The summed E-state index contributed by atoms with van der Waals surface area (Å²) in [6, 6.07) is 0.573. The predicted molar refractivity (Wildman–Crippen MR) is 57.8 cm³/mol. The maximum atomic E-state index is 12.6. The number of aromatic nitrogens is 1. The van der Waals surface area contributed by atoms with E-state index in [4.69, 9.17) is 4.74 Å². The molecule has 1 aromatic rings. The van der Waals surface area contributed by atoms with Gasteiger partial charge in [-0.15, -0.1) is 0 Å². The lowest BCUT2D eigenvalue weighted by Crippen LogP contribution is -2.23. The molecule has 0 aromatic carbocycles. The molecule has 0 bridgehead atoms. The molecule has 90 valence electrons. The summed E-state index contributed by atoms with van der Waals surface area (Å²) in [5.74, 6) is 0.508. The van der Waals surface area contributed by atoms with Gasteiger partial charge in [0.1, 0.15) is 5.75 Å². The smallest absolute Gasteiger partial charge is 0.257 e. The van der Waals surface area contributed by atoms with Gasteiger partial charge in [-0.2, -0.15) is 0 Å². The third-order valence-corrected chi connectivity index (χ3v) is 2.03. The van der Waals surface area contributed by atoms with E-state index < -0.39 is 12.5 Å². The molecule has 0 saturated carbocycles. The summed E-state index contributed by atoms with van der Waals surface area (Å²) in [5, 5.41) is 2.55. The quantitative estimate of drug-likeness (QED) is 0.843. The number of pyridine rings is 1. The highest BCUT2D eigenvalue weighted by atomic mass is 19.3. The summed E-state index contributed by atoms with van der Waals surface area (Å²) in [6.07, 6.45) is 0.458. The highest BCUT2D eigenvalue weighted by Gasteiger charge is 2.21. The molecule has 16 heavy (non-hydrogen) atoms. The maximum absolute atomic E-state index is 12.6. The zero-order valence-corrected chi connectivity index (χ0v) is 9.58. The van der Waals surface area contributed by atoms with Crippen molar-refractivity contribution in [2.75, 3.05) is 7.05 Å². The average molecular weight is 230 g/mol. The monoisotopic (exact) mass is 230 g/mol. The zero-order chi connectivity index (χ0) is 12.1. The van der Waals surface area contributed by atoms with Crippen LogP contribution in [-0.2, 0) is 0 Å². The van der Waals surface area contributed by atoms with Crippen molar-refractivity contribution < 1.29 is 13.5 Å². The van der Waals surface area contributed by atoms with Crippen molar-refractivity contribution >= 4 is 0 Å². The predicted octanol–water partition coefficient (Wildman–Crippen LogP) is 2.39. The molecule has 0 spiro atoms. The number of alkyl halides is 2. The first kappa shape index (κ1) is 12.8. The van der Waals surface area contributed by atoms with Gasteiger partial charge in [0.2, 0.25) is 0 Å². The molecule has 0 radical (unpaired) electrons. The second-order valence-corrected chi connectivity index (χ2v) is 3.72. The lowest BCUT2D eigenvalue weighted by atomic mass is 10.1. The van der Waals surface area contributed by atoms with E-state index >= 15 is 0 Å². The molecule has 1 rings (SSSR count). The van der Waals surface area contributed by atoms with Gasteiger partial charge in [0, 0.05) is 6.20 Å². The molecule has 0 amide bonds. The Labute approximate surface area is 93.8 Å². The summed E-state index contributed by atoms with van der Waals surface area (Å²) >= 11 is 0. The van der Waals surface area contributed by atoms with Crippen molar-refractivity contribution in [2.24, 2.45) is 0 Å². The van der Waals surface area contributed by atoms with E-state index in [-0.39, 0.29) is 6.10 Å². The second-order valence-electron chi connectivity index (χ2n) is 3.72. The molecule has 0 aliphatic carbocycles. The Kier molecular flexibility index (Phi) is 4.61. The van der Waals surface area contributed by atoms with Crippen LogP contribution in [0.3, 0.4) is 0 Å². The van der Waals surface area contributed by atoms with Crippen LogP contribution in [0.2, 0.25) is 0 Å². The van der Waals surface area contributed by atoms with Gasteiger partial charge < -0.3 is 10.1 Å². The maximum Gasteiger partial charge on any atom is 0.257 e. The van der Waals surface area contributed by atoms with Crippen LogP contribution in [0.25, 0.3) is 0 Å². The summed E-state index contributed by atoms with van der Waals surface area (Å²) in [7, 11) is 1.49. The lowest BCUT2D eigenvalue weighted by Gasteiger charge is -2.16. The summed E-state index contributed by atoms with van der Waals surface area (Å²) in [5.41, 5.74) is 0.427. The van der Waals surface area contributed by atoms with E-state index in [0.717, 1.165) is 0 Å². The first-order valence-corrected chi connectivity index (χ1v) is 5.11. The number of halogens is 2. The zero-order valence-electron chi connectivity index (χ0n) is 9.58. The van der Waals surface area contributed by atoms with Gasteiger partial charge in [-0.1, -0.05) is 0 Å². The van der Waals surface area contributed by atoms with E-state index in [0.29, 0.717) is 11.3 Å². The molecule has 0 saturated heterocycles. The van der Waals surface area contributed by atoms with Gasteiger partial charge in [-0.3, -0.25) is 4.98 Å². The third-order valence-electron chi connectivity index (χ3n) is 2.03. The van der Waals surface area contributed by atoms with Gasteiger partial charge in [0.15, 0.2) is 0 Å². The highest BCUT2D eigenvalue weighted by Crippen LogP contribution is 2.23. The lowest BCUT2D eigenvalue weighted by molar-refractivity contribution is 0.102. The van der Waals surface area contributed by atoms with Crippen LogP contribution in [0.15, 0.2) is 18.5 Å². The van der Waals surface area contributed by atoms with Crippen LogP contribution in [0, 0.1) is 0 Å². The minimum Gasteiger partial charge on any atom is -0.489 e. The van der Waals surface area contributed by atoms with Gasteiger partial charge >= 0.3 is 0 Å². The number of ether oxygens (including phenoxy) is 1. The Morgan fingerprint density at radius 1 is 1.31 bits per heavy atom.